The molecule has 1 saturated carbocycles. The number of hydroxylamine groups is 2. The molecular weight excluding hydrogens is 283 g/mol. The van der Waals surface area contributed by atoms with Crippen molar-refractivity contribution in [2.45, 2.75) is 24.4 Å². The van der Waals surface area contributed by atoms with E-state index in [4.69, 9.17) is 28.0 Å². The van der Waals surface area contributed by atoms with Crippen LogP contribution in [0.4, 0.5) is 8.78 Å². The summed E-state index contributed by atoms with van der Waals surface area (Å²) in [5.74, 6) is -2.69. The fraction of sp³-hybridized carbons (Fsp3) is 0.333. The molecule has 18 heavy (non-hydrogen) atoms. The molecule has 0 N–H and O–H groups in total. The number of benzene rings is 1. The van der Waals surface area contributed by atoms with Crippen LogP contribution in [-0.4, -0.2) is 17.0 Å². The van der Waals surface area contributed by atoms with Crippen molar-refractivity contribution in [2.75, 3.05) is 0 Å². The average molecular weight is 292 g/mol. The van der Waals surface area contributed by atoms with Gasteiger partial charge >= 0.3 is 0 Å². The third kappa shape index (κ3) is 1.98. The van der Waals surface area contributed by atoms with Crippen molar-refractivity contribution >= 4 is 23.2 Å². The van der Waals surface area contributed by atoms with Crippen LogP contribution in [0.25, 0.3) is 0 Å². The van der Waals surface area contributed by atoms with E-state index in [0.717, 1.165) is 5.56 Å². The van der Waals surface area contributed by atoms with Gasteiger partial charge in [0.25, 0.3) is 5.92 Å². The molecule has 96 valence electrons. The topological polar surface area (TPSA) is 12.5 Å². The van der Waals surface area contributed by atoms with E-state index in [-0.39, 0.29) is 6.42 Å². The van der Waals surface area contributed by atoms with Gasteiger partial charge in [-0.05, 0) is 17.7 Å². The van der Waals surface area contributed by atoms with Crippen LogP contribution in [0.1, 0.15) is 18.0 Å². The van der Waals surface area contributed by atoms with Crippen LogP contribution in [-0.2, 0) is 4.84 Å². The number of rotatable bonds is 2. The summed E-state index contributed by atoms with van der Waals surface area (Å²) in [5.41, 5.74) is 0.779. The van der Waals surface area contributed by atoms with Gasteiger partial charge in [-0.25, -0.2) is 8.78 Å². The van der Waals surface area contributed by atoms with Gasteiger partial charge in [0.1, 0.15) is 18.3 Å². The van der Waals surface area contributed by atoms with Crippen molar-refractivity contribution in [2.24, 2.45) is 0 Å². The second-order valence-electron chi connectivity index (χ2n) is 4.40. The van der Waals surface area contributed by atoms with Gasteiger partial charge in [0, 0.05) is 11.4 Å². The zero-order valence-corrected chi connectivity index (χ0v) is 10.6. The normalized spacial score (nSPS) is 29.9. The monoisotopic (exact) mass is 291 g/mol. The van der Waals surface area contributed by atoms with Crippen molar-refractivity contribution < 1.29 is 13.6 Å². The van der Waals surface area contributed by atoms with Gasteiger partial charge in [-0.3, -0.25) is 0 Å². The van der Waals surface area contributed by atoms with Crippen molar-refractivity contribution in [3.05, 3.63) is 46.1 Å². The average Bonchev–Trinajstić information content (AvgIpc) is 2.78. The molecule has 0 bridgehead atoms. The fourth-order valence-corrected chi connectivity index (χ4v) is 2.43. The molecule has 1 aromatic carbocycles. The molecule has 6 heteroatoms. The largest absolute Gasteiger partial charge is 0.411 e. The van der Waals surface area contributed by atoms with E-state index in [1.165, 1.54) is 11.3 Å². The Morgan fingerprint density at radius 2 is 1.83 bits per heavy atom. The summed E-state index contributed by atoms with van der Waals surface area (Å²) in [5, 5.41) is 2.23. The second-order valence-corrected chi connectivity index (χ2v) is 5.28. The van der Waals surface area contributed by atoms with Crippen LogP contribution in [0.3, 0.4) is 0 Å². The van der Waals surface area contributed by atoms with E-state index in [9.17, 15) is 8.78 Å². The van der Waals surface area contributed by atoms with Crippen LogP contribution in [0, 0.1) is 0 Å². The molecule has 2 atom stereocenters. The Kier molecular flexibility index (Phi) is 2.77. The Morgan fingerprint density at radius 1 is 1.22 bits per heavy atom. The lowest BCUT2D eigenvalue weighted by Crippen LogP contribution is -2.29. The number of hydrogen-bond acceptors (Lipinski definition) is 2. The van der Waals surface area contributed by atoms with Crippen LogP contribution >= 0.6 is 23.2 Å². The summed E-state index contributed by atoms with van der Waals surface area (Å²) in [6, 6.07) is 5.51. The van der Waals surface area contributed by atoms with E-state index in [1.54, 1.807) is 24.3 Å². The first-order valence-corrected chi connectivity index (χ1v) is 6.18. The van der Waals surface area contributed by atoms with Crippen molar-refractivity contribution in [3.8, 4) is 0 Å². The minimum Gasteiger partial charge on any atom is -0.411 e. The third-order valence-electron chi connectivity index (χ3n) is 3.09. The highest BCUT2D eigenvalue weighted by atomic mass is 35.5. The Labute approximate surface area is 113 Å². The lowest BCUT2D eigenvalue weighted by atomic mass is 10.1. The maximum Gasteiger partial charge on any atom is 0.268 e. The minimum absolute atomic E-state index is 0.199. The Hall–Kier alpha value is -0.840. The second kappa shape index (κ2) is 4.08. The highest BCUT2D eigenvalue weighted by molar-refractivity contribution is 6.31. The minimum atomic E-state index is -2.69. The lowest BCUT2D eigenvalue weighted by molar-refractivity contribution is -0.135. The molecule has 0 amide bonds. The molecule has 1 fully saturated rings. The van der Waals surface area contributed by atoms with Crippen LogP contribution in [0.2, 0.25) is 5.02 Å². The predicted octanol–water partition coefficient (Wildman–Crippen LogP) is 4.12. The number of halogens is 4. The van der Waals surface area contributed by atoms with Crippen molar-refractivity contribution in [3.63, 3.8) is 0 Å². The maximum absolute atomic E-state index is 13.1. The molecule has 2 nitrogen and oxygen atoms in total. The SMILES string of the molecule is FC1(F)CC1N1OC=C(Cl)C1c1ccc(Cl)cc1. The third-order valence-corrected chi connectivity index (χ3v) is 3.64. The molecule has 2 aliphatic rings. The van der Waals surface area contributed by atoms with E-state index in [0.29, 0.717) is 10.1 Å². The summed E-state index contributed by atoms with van der Waals surface area (Å²) in [6.45, 7) is 0. The Bertz CT molecular complexity index is 503. The summed E-state index contributed by atoms with van der Waals surface area (Å²) >= 11 is 11.8. The van der Waals surface area contributed by atoms with Gasteiger partial charge in [0.2, 0.25) is 0 Å². The zero-order chi connectivity index (χ0) is 12.9. The first-order chi connectivity index (χ1) is 8.49. The summed E-state index contributed by atoms with van der Waals surface area (Å²) < 4.78 is 26.2. The molecule has 1 aromatic rings. The first kappa shape index (κ1) is 12.2. The van der Waals surface area contributed by atoms with Crippen LogP contribution in [0.5, 0.6) is 0 Å². The summed E-state index contributed by atoms with van der Waals surface area (Å²) in [7, 11) is 0. The van der Waals surface area contributed by atoms with Crippen molar-refractivity contribution in [1.82, 2.24) is 5.06 Å². The number of nitrogens with zero attached hydrogens (tertiary/aromatic N) is 1. The molecule has 0 radical (unpaired) electrons. The first-order valence-electron chi connectivity index (χ1n) is 5.43. The predicted molar refractivity (Wildman–Crippen MR) is 64.4 cm³/mol. The van der Waals surface area contributed by atoms with Gasteiger partial charge in [-0.2, -0.15) is 0 Å². The van der Waals surface area contributed by atoms with Gasteiger partial charge in [-0.1, -0.05) is 35.3 Å². The standard InChI is InChI=1S/C12H9Cl2F2NO/c13-8-3-1-7(2-4-8)11-9(14)6-18-17(11)10-5-12(10,15)16/h1-4,6,10-11H,5H2. The molecule has 2 unspecified atom stereocenters. The molecule has 0 saturated heterocycles. The van der Waals surface area contributed by atoms with Crippen LogP contribution < -0.4 is 0 Å². The van der Waals surface area contributed by atoms with Gasteiger partial charge in [0.05, 0.1) is 5.03 Å². The smallest absolute Gasteiger partial charge is 0.268 e. The van der Waals surface area contributed by atoms with E-state index >= 15 is 0 Å². The summed E-state index contributed by atoms with van der Waals surface area (Å²) in [6.07, 6.45) is 1.10. The van der Waals surface area contributed by atoms with Gasteiger partial charge in [-0.15, -0.1) is 5.06 Å². The molecular formula is C12H9Cl2F2NO. The fourth-order valence-electron chi connectivity index (χ4n) is 2.04. The van der Waals surface area contributed by atoms with E-state index in [2.05, 4.69) is 0 Å². The van der Waals surface area contributed by atoms with Crippen molar-refractivity contribution in [1.29, 1.82) is 0 Å². The number of alkyl halides is 2. The zero-order valence-electron chi connectivity index (χ0n) is 9.12. The van der Waals surface area contributed by atoms with Crippen LogP contribution in [0.15, 0.2) is 35.6 Å². The van der Waals surface area contributed by atoms with Gasteiger partial charge in [0.15, 0.2) is 0 Å². The molecule has 1 aliphatic carbocycles. The maximum atomic E-state index is 13.1. The molecule has 1 aliphatic heterocycles. The Balaban J connectivity index is 1.88. The molecule has 0 spiro atoms. The lowest BCUT2D eigenvalue weighted by Gasteiger charge is -2.23. The molecule has 3 rings (SSSR count). The van der Waals surface area contributed by atoms with E-state index < -0.39 is 18.0 Å². The molecule has 1 heterocycles. The van der Waals surface area contributed by atoms with Gasteiger partial charge < -0.3 is 4.84 Å². The quantitative estimate of drug-likeness (QED) is 0.813. The molecule has 0 aromatic heterocycles. The van der Waals surface area contributed by atoms with E-state index in [1.807, 2.05) is 0 Å². The Morgan fingerprint density at radius 3 is 2.39 bits per heavy atom. The highest BCUT2D eigenvalue weighted by Crippen LogP contribution is 2.52. The summed E-state index contributed by atoms with van der Waals surface area (Å²) in [4.78, 5) is 5.15. The highest BCUT2D eigenvalue weighted by Gasteiger charge is 2.63. The number of hydrogen-bond donors (Lipinski definition) is 0.